The van der Waals surface area contributed by atoms with Crippen LogP contribution < -0.4 is 0 Å². The lowest BCUT2D eigenvalue weighted by molar-refractivity contribution is -0.178. The van der Waals surface area contributed by atoms with Crippen molar-refractivity contribution in [3.63, 3.8) is 0 Å². The number of Topliss-reactive ketones (excluding diaryl/α,β-unsaturated/α-hetero) is 3. The number of fused-ring (bicyclic) bond motifs is 2. The van der Waals surface area contributed by atoms with E-state index < -0.39 is 33.6 Å². The normalized spacial score (nSPS) is 26.5. The molecule has 1 aromatic rings. The summed E-state index contributed by atoms with van der Waals surface area (Å²) >= 11 is 0. The Morgan fingerprint density at radius 3 is 1.96 bits per heavy atom. The number of ketones is 3. The van der Waals surface area contributed by atoms with Gasteiger partial charge in [0.25, 0.3) is 0 Å². The van der Waals surface area contributed by atoms with Crippen LogP contribution in [0.4, 0.5) is 0 Å². The van der Waals surface area contributed by atoms with E-state index in [9.17, 15) is 15.0 Å². The van der Waals surface area contributed by atoms with Crippen LogP contribution in [0.25, 0.3) is 5.76 Å². The molecule has 3 rings (SSSR count). The summed E-state index contributed by atoms with van der Waals surface area (Å²) in [6, 6.07) is 5.95. The molecule has 5 nitrogen and oxygen atoms in total. The number of carbonyl (C=O) groups is 3. The Morgan fingerprint density at radius 1 is 0.792 bits per heavy atom. The average Bonchev–Trinajstić information content (AvgIpc) is 2.99. The quantitative estimate of drug-likeness (QED) is 0.0726. The zero-order chi connectivity index (χ0) is 36.0. The molecule has 2 saturated carbocycles. The van der Waals surface area contributed by atoms with Crippen LogP contribution in [0.15, 0.2) is 88.1 Å². The summed E-state index contributed by atoms with van der Waals surface area (Å²) in [5.74, 6) is -2.23. The third-order valence-corrected chi connectivity index (χ3v) is 10.7. The van der Waals surface area contributed by atoms with Crippen LogP contribution >= 0.6 is 0 Å². The van der Waals surface area contributed by atoms with Gasteiger partial charge in [0.05, 0.1) is 5.41 Å². The van der Waals surface area contributed by atoms with Crippen molar-refractivity contribution in [3.8, 4) is 5.75 Å². The maximum atomic E-state index is 15.4. The maximum absolute atomic E-state index is 15.4. The van der Waals surface area contributed by atoms with E-state index in [0.717, 1.165) is 29.6 Å². The van der Waals surface area contributed by atoms with Gasteiger partial charge in [0.1, 0.15) is 22.5 Å². The number of hydrogen-bond donors (Lipinski definition) is 2. The zero-order valence-corrected chi connectivity index (χ0v) is 31.0. The number of allylic oxidation sites excluding steroid dienone is 11. The van der Waals surface area contributed by atoms with Crippen LogP contribution in [0.1, 0.15) is 126 Å². The van der Waals surface area contributed by atoms with Gasteiger partial charge < -0.3 is 10.2 Å². The van der Waals surface area contributed by atoms with Gasteiger partial charge in [-0.3, -0.25) is 14.4 Å². The smallest absolute Gasteiger partial charge is 0.184 e. The lowest BCUT2D eigenvalue weighted by Gasteiger charge is -2.61. The van der Waals surface area contributed by atoms with Gasteiger partial charge in [-0.05, 0) is 137 Å². The first-order valence-corrected chi connectivity index (χ1v) is 17.5. The highest BCUT2D eigenvalue weighted by Crippen LogP contribution is 2.67. The first-order valence-electron chi connectivity index (χ1n) is 17.5. The van der Waals surface area contributed by atoms with Gasteiger partial charge in [-0.1, -0.05) is 77.3 Å². The Kier molecular flexibility index (Phi) is 12.6. The summed E-state index contributed by atoms with van der Waals surface area (Å²) in [7, 11) is 0. The Hall–Kier alpha value is -3.73. The number of aromatic hydroxyl groups is 1. The third-order valence-electron chi connectivity index (χ3n) is 10.7. The van der Waals surface area contributed by atoms with Gasteiger partial charge in [0, 0.05) is 5.56 Å². The molecular formula is C43H58O5. The number of aliphatic hydroxyl groups is 1. The van der Waals surface area contributed by atoms with Gasteiger partial charge in [0.2, 0.25) is 0 Å². The number of aliphatic hydroxyl groups excluding tert-OH is 1. The molecule has 0 heterocycles. The van der Waals surface area contributed by atoms with Gasteiger partial charge >= 0.3 is 0 Å². The van der Waals surface area contributed by atoms with Crippen LogP contribution in [0.5, 0.6) is 5.75 Å². The lowest BCUT2D eigenvalue weighted by atomic mass is 9.37. The van der Waals surface area contributed by atoms with Crippen LogP contribution in [0, 0.1) is 22.2 Å². The summed E-state index contributed by atoms with van der Waals surface area (Å²) in [5.41, 5.74) is 1.60. The van der Waals surface area contributed by atoms with Crippen LogP contribution in [0.2, 0.25) is 0 Å². The first-order chi connectivity index (χ1) is 22.4. The molecule has 0 amide bonds. The number of carbonyl (C=O) groups excluding carboxylic acids is 3. The van der Waals surface area contributed by atoms with Crippen LogP contribution in [0.3, 0.4) is 0 Å². The van der Waals surface area contributed by atoms with E-state index in [1.54, 1.807) is 12.1 Å². The molecule has 0 spiro atoms. The average molecular weight is 655 g/mol. The number of benzene rings is 1. The molecule has 2 bridgehead atoms. The molecule has 4 unspecified atom stereocenters. The summed E-state index contributed by atoms with van der Waals surface area (Å²) < 4.78 is 0. The molecule has 0 aromatic heterocycles. The van der Waals surface area contributed by atoms with E-state index in [1.807, 2.05) is 53.7 Å². The van der Waals surface area contributed by atoms with Crippen molar-refractivity contribution >= 4 is 23.1 Å². The van der Waals surface area contributed by atoms with E-state index in [0.29, 0.717) is 19.3 Å². The molecule has 48 heavy (non-hydrogen) atoms. The fourth-order valence-corrected chi connectivity index (χ4v) is 7.76. The molecule has 2 fully saturated rings. The first kappa shape index (κ1) is 38.7. The largest absolute Gasteiger partial charge is 0.508 e. The van der Waals surface area contributed by atoms with Gasteiger partial charge in [-0.2, -0.15) is 0 Å². The Labute approximate surface area is 289 Å². The number of rotatable bonds is 13. The molecule has 260 valence electrons. The zero-order valence-electron chi connectivity index (χ0n) is 31.0. The van der Waals surface area contributed by atoms with Crippen LogP contribution in [-0.4, -0.2) is 27.6 Å². The minimum absolute atomic E-state index is 0.0940. The van der Waals surface area contributed by atoms with Crippen molar-refractivity contribution < 1.29 is 24.6 Å². The molecule has 0 radical (unpaired) electrons. The highest BCUT2D eigenvalue weighted by molar-refractivity contribution is 6.41. The predicted molar refractivity (Wildman–Crippen MR) is 198 cm³/mol. The second-order valence-electron chi connectivity index (χ2n) is 15.5. The molecule has 0 aliphatic heterocycles. The fraction of sp³-hybridized carbons (Fsp3) is 0.512. The summed E-state index contributed by atoms with van der Waals surface area (Å²) in [6.45, 7) is 20.3. The summed E-state index contributed by atoms with van der Waals surface area (Å²) in [6.07, 6.45) is 14.9. The van der Waals surface area contributed by atoms with Crippen molar-refractivity contribution in [2.45, 2.75) is 121 Å². The minimum Gasteiger partial charge on any atom is -0.508 e. The van der Waals surface area contributed by atoms with Crippen molar-refractivity contribution in [2.24, 2.45) is 22.2 Å². The van der Waals surface area contributed by atoms with Crippen molar-refractivity contribution in [2.75, 3.05) is 0 Å². The van der Waals surface area contributed by atoms with E-state index in [1.165, 1.54) is 23.3 Å². The standard InChI is InChI=1S/C43H58O5/c1-28(2)14-11-16-32(9)19-20-34-27-42(24-21-30(5)6)38(46)36(37(45)33-17-12-18-35(44)26-33)39(47)43(40(42)48,25-22-31(7)8)41(34,10)23-13-15-29(3)4/h12,14-15,17-19,21-22,26,34,44-45H,11,13,16,20,23-25,27H2,1-10H3. The Morgan fingerprint density at radius 2 is 1.38 bits per heavy atom. The van der Waals surface area contributed by atoms with E-state index in [4.69, 9.17) is 0 Å². The molecule has 2 N–H and O–H groups in total. The Balaban J connectivity index is 2.43. The van der Waals surface area contributed by atoms with Crippen molar-refractivity contribution in [1.82, 2.24) is 0 Å². The predicted octanol–water partition coefficient (Wildman–Crippen LogP) is 10.9. The van der Waals surface area contributed by atoms with Crippen LogP contribution in [-0.2, 0) is 14.4 Å². The van der Waals surface area contributed by atoms with E-state index in [2.05, 4.69) is 45.9 Å². The van der Waals surface area contributed by atoms with E-state index in [-0.39, 0.29) is 47.8 Å². The molecule has 4 atom stereocenters. The van der Waals surface area contributed by atoms with Gasteiger partial charge in [-0.15, -0.1) is 0 Å². The molecule has 2 aliphatic carbocycles. The lowest BCUT2D eigenvalue weighted by Crippen LogP contribution is -2.70. The Bertz CT molecular complexity index is 1590. The number of hydrogen-bond acceptors (Lipinski definition) is 5. The summed E-state index contributed by atoms with van der Waals surface area (Å²) in [5, 5.41) is 22.0. The van der Waals surface area contributed by atoms with Crippen molar-refractivity contribution in [1.29, 1.82) is 0 Å². The highest BCUT2D eigenvalue weighted by Gasteiger charge is 2.74. The van der Waals surface area contributed by atoms with Crippen molar-refractivity contribution in [3.05, 3.63) is 93.6 Å². The molecule has 5 heteroatoms. The molecular weight excluding hydrogens is 596 g/mol. The molecule has 2 aliphatic rings. The number of phenolic OH excluding ortho intramolecular Hbond substituents is 1. The van der Waals surface area contributed by atoms with E-state index >= 15 is 9.59 Å². The number of phenols is 1. The fourth-order valence-electron chi connectivity index (χ4n) is 7.76. The second kappa shape index (κ2) is 15.7. The second-order valence-corrected chi connectivity index (χ2v) is 15.5. The minimum atomic E-state index is -1.57. The third kappa shape index (κ3) is 7.77. The van der Waals surface area contributed by atoms with Gasteiger partial charge in [-0.25, -0.2) is 0 Å². The molecule has 0 saturated heterocycles. The summed E-state index contributed by atoms with van der Waals surface area (Å²) in [4.78, 5) is 45.5. The molecule has 1 aromatic carbocycles. The maximum Gasteiger partial charge on any atom is 0.184 e. The van der Waals surface area contributed by atoms with Gasteiger partial charge in [0.15, 0.2) is 17.3 Å². The topological polar surface area (TPSA) is 91.7 Å². The highest BCUT2D eigenvalue weighted by atomic mass is 16.3. The SMILES string of the molecule is CC(C)=CCCC(C)=CCC1CC2(CC=C(C)C)C(=O)C(=C(O)c3cccc(O)c3)C(=O)C(CC=C(C)C)(C2=O)C1(C)CCC=C(C)C. The monoisotopic (exact) mass is 654 g/mol.